The number of likely N-dealkylation sites (tertiary alicyclic amines) is 1. The van der Waals surface area contributed by atoms with Gasteiger partial charge in [-0.2, -0.15) is 0 Å². The molecule has 3 aliphatic rings. The molecule has 0 saturated carbocycles. The second kappa shape index (κ2) is 11.6. The molecule has 0 aromatic rings. The molecule has 3 aliphatic heterocycles. The van der Waals surface area contributed by atoms with Crippen LogP contribution in [-0.2, 0) is 9.47 Å². The third kappa shape index (κ3) is 7.46. The fourth-order valence-electron chi connectivity index (χ4n) is 6.21. The minimum absolute atomic E-state index is 0.159. The van der Waals surface area contributed by atoms with Crippen molar-refractivity contribution in [2.45, 2.75) is 97.9 Å². The normalized spacial score (nSPS) is 33.6. The number of aliphatic hydroxyl groups is 1. The molecule has 1 N–H and O–H groups in total. The van der Waals surface area contributed by atoms with Gasteiger partial charge in [0, 0.05) is 32.8 Å². The summed E-state index contributed by atoms with van der Waals surface area (Å²) >= 11 is 0. The largest absolute Gasteiger partial charge is 0.392 e. The van der Waals surface area contributed by atoms with Gasteiger partial charge in [0.25, 0.3) is 0 Å². The van der Waals surface area contributed by atoms with Gasteiger partial charge in [-0.1, -0.05) is 34.6 Å². The zero-order valence-electron chi connectivity index (χ0n) is 20.4. The van der Waals surface area contributed by atoms with Gasteiger partial charge in [0.2, 0.25) is 0 Å². The smallest absolute Gasteiger partial charge is 0.0669 e. The molecule has 3 fully saturated rings. The van der Waals surface area contributed by atoms with E-state index in [9.17, 15) is 5.11 Å². The predicted molar refractivity (Wildman–Crippen MR) is 124 cm³/mol. The van der Waals surface area contributed by atoms with E-state index in [1.807, 2.05) is 0 Å². The molecule has 0 bridgehead atoms. The maximum atomic E-state index is 10.2. The van der Waals surface area contributed by atoms with Crippen LogP contribution in [0, 0.1) is 35.5 Å². The zero-order chi connectivity index (χ0) is 21.7. The summed E-state index contributed by atoms with van der Waals surface area (Å²) in [4.78, 5) is 2.43. The van der Waals surface area contributed by atoms with Gasteiger partial charge in [0.15, 0.2) is 0 Å². The molecule has 0 radical (unpaired) electrons. The Balaban J connectivity index is 1.34. The summed E-state index contributed by atoms with van der Waals surface area (Å²) in [5, 5.41) is 10.2. The van der Waals surface area contributed by atoms with E-state index in [0.717, 1.165) is 49.9 Å². The first-order valence-corrected chi connectivity index (χ1v) is 12.9. The van der Waals surface area contributed by atoms with Crippen LogP contribution in [0.2, 0.25) is 0 Å². The molecule has 5 unspecified atom stereocenters. The van der Waals surface area contributed by atoms with Crippen LogP contribution in [0.4, 0.5) is 0 Å². The van der Waals surface area contributed by atoms with Crippen LogP contribution in [0.3, 0.4) is 0 Å². The number of aliphatic hydroxyl groups excluding tert-OH is 1. The van der Waals surface area contributed by atoms with Crippen LogP contribution in [0.5, 0.6) is 0 Å². The quantitative estimate of drug-likeness (QED) is 0.538. The Labute approximate surface area is 186 Å². The highest BCUT2D eigenvalue weighted by Gasteiger charge is 2.35. The molecule has 176 valence electrons. The van der Waals surface area contributed by atoms with E-state index in [0.29, 0.717) is 24.0 Å². The Kier molecular flexibility index (Phi) is 9.49. The van der Waals surface area contributed by atoms with Crippen LogP contribution in [0.25, 0.3) is 0 Å². The highest BCUT2D eigenvalue weighted by Crippen LogP contribution is 2.37. The highest BCUT2D eigenvalue weighted by molar-refractivity contribution is 4.86. The lowest BCUT2D eigenvalue weighted by atomic mass is 9.78. The molecule has 3 heterocycles. The predicted octanol–water partition coefficient (Wildman–Crippen LogP) is 4.99. The molecule has 3 rings (SSSR count). The molecule has 0 aromatic carbocycles. The molecule has 0 aliphatic carbocycles. The first-order chi connectivity index (χ1) is 14.3. The third-order valence-electron chi connectivity index (χ3n) is 7.88. The molecular formula is C26H49NO3. The Morgan fingerprint density at radius 1 is 0.933 bits per heavy atom. The fraction of sp³-hybridized carbons (Fsp3) is 1.00. The van der Waals surface area contributed by atoms with E-state index < -0.39 is 0 Å². The number of hydrogen-bond acceptors (Lipinski definition) is 4. The van der Waals surface area contributed by atoms with Crippen molar-refractivity contribution in [1.29, 1.82) is 0 Å². The number of ether oxygens (including phenoxy) is 2. The van der Waals surface area contributed by atoms with E-state index in [4.69, 9.17) is 9.47 Å². The van der Waals surface area contributed by atoms with Gasteiger partial charge in [0.1, 0.15) is 0 Å². The van der Waals surface area contributed by atoms with Gasteiger partial charge < -0.3 is 19.5 Å². The Morgan fingerprint density at radius 3 is 2.37 bits per heavy atom. The Morgan fingerprint density at radius 2 is 1.67 bits per heavy atom. The summed E-state index contributed by atoms with van der Waals surface area (Å²) in [5.41, 5.74) is 0. The highest BCUT2D eigenvalue weighted by atomic mass is 16.5. The minimum Gasteiger partial charge on any atom is -0.392 e. The van der Waals surface area contributed by atoms with E-state index in [2.05, 4.69) is 39.5 Å². The van der Waals surface area contributed by atoms with Gasteiger partial charge in [-0.25, -0.2) is 0 Å². The first-order valence-electron chi connectivity index (χ1n) is 12.9. The summed E-state index contributed by atoms with van der Waals surface area (Å²) in [7, 11) is 0. The lowest BCUT2D eigenvalue weighted by Crippen LogP contribution is -2.50. The lowest BCUT2D eigenvalue weighted by Gasteiger charge is -2.42. The van der Waals surface area contributed by atoms with Gasteiger partial charge in [-0.3, -0.25) is 0 Å². The summed E-state index contributed by atoms with van der Waals surface area (Å²) < 4.78 is 12.4. The lowest BCUT2D eigenvalue weighted by molar-refractivity contribution is -0.0999. The summed E-state index contributed by atoms with van der Waals surface area (Å²) in [6, 6.07) is 0. The fourth-order valence-corrected chi connectivity index (χ4v) is 6.21. The van der Waals surface area contributed by atoms with Crippen molar-refractivity contribution in [3.63, 3.8) is 0 Å². The molecular weight excluding hydrogens is 374 g/mol. The summed E-state index contributed by atoms with van der Waals surface area (Å²) in [5.74, 6) is 4.41. The topological polar surface area (TPSA) is 41.9 Å². The molecule has 3 saturated heterocycles. The van der Waals surface area contributed by atoms with Crippen molar-refractivity contribution in [2.75, 3.05) is 32.8 Å². The van der Waals surface area contributed by atoms with Crippen molar-refractivity contribution in [1.82, 2.24) is 4.90 Å². The number of β-amino-alcohol motifs (C(OH)–C–C–N with tert-alkyl or cyclic N) is 1. The van der Waals surface area contributed by atoms with Gasteiger partial charge in [-0.15, -0.1) is 0 Å². The van der Waals surface area contributed by atoms with Crippen LogP contribution in [0.1, 0.15) is 79.6 Å². The van der Waals surface area contributed by atoms with Gasteiger partial charge in [0.05, 0.1) is 18.3 Å². The maximum absolute atomic E-state index is 10.2. The maximum Gasteiger partial charge on any atom is 0.0669 e. The average molecular weight is 424 g/mol. The van der Waals surface area contributed by atoms with Crippen LogP contribution < -0.4 is 0 Å². The van der Waals surface area contributed by atoms with E-state index in [-0.39, 0.29) is 6.10 Å². The summed E-state index contributed by atoms with van der Waals surface area (Å²) in [6.07, 6.45) is 9.01. The second-order valence-electron chi connectivity index (χ2n) is 11.7. The van der Waals surface area contributed by atoms with Crippen LogP contribution >= 0.6 is 0 Å². The van der Waals surface area contributed by atoms with E-state index in [1.165, 1.54) is 51.6 Å². The molecule has 4 nitrogen and oxygen atoms in total. The minimum atomic E-state index is -0.159. The van der Waals surface area contributed by atoms with Gasteiger partial charge in [-0.05, 0) is 80.5 Å². The molecule has 30 heavy (non-hydrogen) atoms. The molecule has 6 atom stereocenters. The molecule has 0 spiro atoms. The van der Waals surface area contributed by atoms with E-state index >= 15 is 0 Å². The number of rotatable bonds is 10. The van der Waals surface area contributed by atoms with Crippen molar-refractivity contribution >= 4 is 0 Å². The van der Waals surface area contributed by atoms with Crippen molar-refractivity contribution in [2.24, 2.45) is 35.5 Å². The van der Waals surface area contributed by atoms with Crippen LogP contribution in [0.15, 0.2) is 0 Å². The second-order valence-corrected chi connectivity index (χ2v) is 11.7. The van der Waals surface area contributed by atoms with Crippen molar-refractivity contribution < 1.29 is 14.6 Å². The molecule has 0 aromatic heterocycles. The van der Waals surface area contributed by atoms with Crippen molar-refractivity contribution in [3.8, 4) is 0 Å². The summed E-state index contributed by atoms with van der Waals surface area (Å²) in [6.45, 7) is 16.6. The third-order valence-corrected chi connectivity index (χ3v) is 7.88. The SMILES string of the molecule is CC(C)C[C@@H](O)CN1CC(CC(C)CC2CC(C3CC(C(C)C)CCO3)CCO2)C1. The first kappa shape index (κ1) is 24.5. The number of hydrogen-bond donors (Lipinski definition) is 1. The zero-order valence-corrected chi connectivity index (χ0v) is 20.4. The Hall–Kier alpha value is -0.160. The Bertz CT molecular complexity index is 491. The average Bonchev–Trinajstić information content (AvgIpc) is 2.66. The van der Waals surface area contributed by atoms with Gasteiger partial charge >= 0.3 is 0 Å². The van der Waals surface area contributed by atoms with E-state index in [1.54, 1.807) is 0 Å². The monoisotopic (exact) mass is 423 g/mol. The standard InChI is InChI=1S/C26H49NO3/c1-18(2)10-24(28)17-27-15-21(16-27)11-20(5)12-25-13-23(7-8-29-25)26-14-22(19(3)4)6-9-30-26/h18-26,28H,6-17H2,1-5H3/t20?,22?,23?,24-,25?,26?/m1/s1. The molecule has 4 heteroatoms. The molecule has 0 amide bonds. The van der Waals surface area contributed by atoms with Crippen molar-refractivity contribution in [3.05, 3.63) is 0 Å². The number of nitrogens with zero attached hydrogens (tertiary/aromatic N) is 1. The van der Waals surface area contributed by atoms with Crippen LogP contribution in [-0.4, -0.2) is 61.2 Å².